The van der Waals surface area contributed by atoms with E-state index in [0.717, 1.165) is 18.4 Å². The number of benzene rings is 1. The highest BCUT2D eigenvalue weighted by molar-refractivity contribution is 5.96. The fraction of sp³-hybridized carbons (Fsp3) is 0.529. The molecular weight excluding hydrogens is 278 g/mol. The highest BCUT2D eigenvalue weighted by Gasteiger charge is 2.11. The lowest BCUT2D eigenvalue weighted by atomic mass is 10.1. The van der Waals surface area contributed by atoms with E-state index in [9.17, 15) is 9.59 Å². The van der Waals surface area contributed by atoms with Crippen LogP contribution in [0, 0.1) is 6.92 Å². The maximum absolute atomic E-state index is 12.1. The Kier molecular flexibility index (Phi) is 6.89. The monoisotopic (exact) mass is 305 g/mol. The second-order valence-electron chi connectivity index (χ2n) is 5.72. The molecule has 0 radical (unpaired) electrons. The van der Waals surface area contributed by atoms with E-state index >= 15 is 0 Å². The standard InChI is InChI=1S/C17H27N3O2/c1-6-12(4)18-16(21)14-8-9-15(11(3)10-14)20-17(22)19-13(5)7-2/h8-10,12-13H,6-7H2,1-5H3,(H,18,21)(H2,19,20,22)/t12-,13-/m1/s1. The molecule has 0 aromatic heterocycles. The summed E-state index contributed by atoms with van der Waals surface area (Å²) in [7, 11) is 0. The molecule has 0 heterocycles. The van der Waals surface area contributed by atoms with Gasteiger partial charge in [-0.1, -0.05) is 13.8 Å². The molecule has 0 saturated carbocycles. The average Bonchev–Trinajstić information content (AvgIpc) is 2.48. The zero-order chi connectivity index (χ0) is 16.7. The molecule has 0 saturated heterocycles. The predicted octanol–water partition coefficient (Wildman–Crippen LogP) is 3.44. The molecule has 1 aromatic carbocycles. The third kappa shape index (κ3) is 5.39. The van der Waals surface area contributed by atoms with Crippen molar-refractivity contribution >= 4 is 17.6 Å². The van der Waals surface area contributed by atoms with Crippen molar-refractivity contribution in [2.24, 2.45) is 0 Å². The highest BCUT2D eigenvalue weighted by Crippen LogP contribution is 2.16. The van der Waals surface area contributed by atoms with Gasteiger partial charge in [0.15, 0.2) is 0 Å². The summed E-state index contributed by atoms with van der Waals surface area (Å²) in [6.07, 6.45) is 1.77. The first-order valence-electron chi connectivity index (χ1n) is 7.86. The number of anilines is 1. The van der Waals surface area contributed by atoms with Crippen LogP contribution in [0.15, 0.2) is 18.2 Å². The van der Waals surface area contributed by atoms with Gasteiger partial charge in [0, 0.05) is 23.3 Å². The minimum Gasteiger partial charge on any atom is -0.350 e. The van der Waals surface area contributed by atoms with Gasteiger partial charge in [-0.3, -0.25) is 4.79 Å². The molecular formula is C17H27N3O2. The van der Waals surface area contributed by atoms with Gasteiger partial charge in [0.25, 0.3) is 5.91 Å². The third-order valence-electron chi connectivity index (χ3n) is 3.72. The van der Waals surface area contributed by atoms with Crippen LogP contribution in [0.25, 0.3) is 0 Å². The minimum atomic E-state index is -0.228. The summed E-state index contributed by atoms with van der Waals surface area (Å²) in [6, 6.07) is 5.32. The van der Waals surface area contributed by atoms with Crippen LogP contribution < -0.4 is 16.0 Å². The molecule has 3 N–H and O–H groups in total. The summed E-state index contributed by atoms with van der Waals surface area (Å²) >= 11 is 0. The first-order chi connectivity index (χ1) is 10.4. The summed E-state index contributed by atoms with van der Waals surface area (Å²) in [6.45, 7) is 9.84. The van der Waals surface area contributed by atoms with E-state index in [4.69, 9.17) is 0 Å². The van der Waals surface area contributed by atoms with E-state index in [1.54, 1.807) is 18.2 Å². The summed E-state index contributed by atoms with van der Waals surface area (Å²) in [5, 5.41) is 8.59. The zero-order valence-corrected chi connectivity index (χ0v) is 14.1. The van der Waals surface area contributed by atoms with Crippen LogP contribution in [0.5, 0.6) is 0 Å². The topological polar surface area (TPSA) is 70.2 Å². The fourth-order valence-electron chi connectivity index (χ4n) is 1.84. The molecule has 0 spiro atoms. The Hall–Kier alpha value is -2.04. The van der Waals surface area contributed by atoms with Crippen LogP contribution in [0.4, 0.5) is 10.5 Å². The highest BCUT2D eigenvalue weighted by atomic mass is 16.2. The Morgan fingerprint density at radius 2 is 1.64 bits per heavy atom. The van der Waals surface area contributed by atoms with Gasteiger partial charge in [0.05, 0.1) is 0 Å². The lowest BCUT2D eigenvalue weighted by Crippen LogP contribution is -2.35. The number of hydrogen-bond donors (Lipinski definition) is 3. The number of carbonyl (C=O) groups excluding carboxylic acids is 2. The predicted molar refractivity (Wildman–Crippen MR) is 90.3 cm³/mol. The van der Waals surface area contributed by atoms with Crippen LogP contribution in [0.2, 0.25) is 0 Å². The van der Waals surface area contributed by atoms with Crippen LogP contribution in [-0.2, 0) is 0 Å². The Labute approximate surface area is 132 Å². The van der Waals surface area contributed by atoms with E-state index in [2.05, 4.69) is 16.0 Å². The van der Waals surface area contributed by atoms with Crippen molar-refractivity contribution in [3.8, 4) is 0 Å². The van der Waals surface area contributed by atoms with E-state index < -0.39 is 0 Å². The van der Waals surface area contributed by atoms with Gasteiger partial charge in [0.2, 0.25) is 0 Å². The number of carbonyl (C=O) groups is 2. The summed E-state index contributed by atoms with van der Waals surface area (Å²) in [5.74, 6) is -0.0898. The van der Waals surface area contributed by atoms with Gasteiger partial charge < -0.3 is 16.0 Å². The number of hydrogen-bond acceptors (Lipinski definition) is 2. The maximum Gasteiger partial charge on any atom is 0.319 e. The Morgan fingerprint density at radius 1 is 1.05 bits per heavy atom. The Morgan fingerprint density at radius 3 is 2.18 bits per heavy atom. The Balaban J connectivity index is 2.73. The van der Waals surface area contributed by atoms with Crippen LogP contribution in [0.1, 0.15) is 56.5 Å². The quantitative estimate of drug-likeness (QED) is 0.753. The first kappa shape index (κ1) is 18.0. The van der Waals surface area contributed by atoms with Gasteiger partial charge >= 0.3 is 6.03 Å². The number of aryl methyl sites for hydroxylation is 1. The molecule has 0 bridgehead atoms. The number of amides is 3. The molecule has 5 heteroatoms. The lowest BCUT2D eigenvalue weighted by Gasteiger charge is -2.15. The molecule has 0 aliphatic heterocycles. The van der Waals surface area contributed by atoms with Crippen molar-refractivity contribution in [2.75, 3.05) is 5.32 Å². The number of rotatable bonds is 6. The zero-order valence-electron chi connectivity index (χ0n) is 14.1. The number of nitrogens with one attached hydrogen (secondary N) is 3. The van der Waals surface area contributed by atoms with Crippen molar-refractivity contribution < 1.29 is 9.59 Å². The Bertz CT molecular complexity index is 529. The van der Waals surface area contributed by atoms with Crippen LogP contribution in [0.3, 0.4) is 0 Å². The summed E-state index contributed by atoms with van der Waals surface area (Å²) < 4.78 is 0. The third-order valence-corrected chi connectivity index (χ3v) is 3.72. The molecule has 0 aliphatic carbocycles. The van der Waals surface area contributed by atoms with E-state index in [0.29, 0.717) is 11.3 Å². The van der Waals surface area contributed by atoms with E-state index in [-0.39, 0.29) is 24.0 Å². The van der Waals surface area contributed by atoms with Crippen molar-refractivity contribution in [3.63, 3.8) is 0 Å². The second-order valence-corrected chi connectivity index (χ2v) is 5.72. The summed E-state index contributed by atoms with van der Waals surface area (Å²) in [5.41, 5.74) is 2.17. The lowest BCUT2D eigenvalue weighted by molar-refractivity contribution is 0.0939. The molecule has 1 aromatic rings. The van der Waals surface area contributed by atoms with Gasteiger partial charge in [-0.15, -0.1) is 0 Å². The van der Waals surface area contributed by atoms with E-state index in [1.807, 2.05) is 34.6 Å². The van der Waals surface area contributed by atoms with Gasteiger partial charge in [-0.05, 0) is 57.4 Å². The normalized spacial score (nSPS) is 13.1. The largest absolute Gasteiger partial charge is 0.350 e. The van der Waals surface area contributed by atoms with Crippen molar-refractivity contribution in [2.45, 2.75) is 59.5 Å². The number of urea groups is 1. The van der Waals surface area contributed by atoms with Crippen molar-refractivity contribution in [1.29, 1.82) is 0 Å². The molecule has 0 unspecified atom stereocenters. The molecule has 5 nitrogen and oxygen atoms in total. The van der Waals surface area contributed by atoms with Crippen molar-refractivity contribution in [1.82, 2.24) is 10.6 Å². The van der Waals surface area contributed by atoms with Gasteiger partial charge in [-0.2, -0.15) is 0 Å². The second kappa shape index (κ2) is 8.41. The fourth-order valence-corrected chi connectivity index (χ4v) is 1.84. The summed E-state index contributed by atoms with van der Waals surface area (Å²) in [4.78, 5) is 23.9. The average molecular weight is 305 g/mol. The van der Waals surface area contributed by atoms with Crippen LogP contribution in [-0.4, -0.2) is 24.0 Å². The minimum absolute atomic E-state index is 0.0898. The molecule has 122 valence electrons. The van der Waals surface area contributed by atoms with E-state index in [1.165, 1.54) is 0 Å². The van der Waals surface area contributed by atoms with Gasteiger partial charge in [0.1, 0.15) is 0 Å². The SMILES string of the molecule is CC[C@@H](C)NC(=O)Nc1ccc(C(=O)N[C@H](C)CC)cc1C. The molecule has 0 fully saturated rings. The van der Waals surface area contributed by atoms with Crippen molar-refractivity contribution in [3.05, 3.63) is 29.3 Å². The smallest absolute Gasteiger partial charge is 0.319 e. The molecule has 3 amide bonds. The molecule has 2 atom stereocenters. The van der Waals surface area contributed by atoms with Crippen LogP contribution >= 0.6 is 0 Å². The molecule has 1 rings (SSSR count). The first-order valence-corrected chi connectivity index (χ1v) is 7.86. The molecule has 0 aliphatic rings. The maximum atomic E-state index is 12.1. The van der Waals surface area contributed by atoms with Gasteiger partial charge in [-0.25, -0.2) is 4.79 Å². The molecule has 22 heavy (non-hydrogen) atoms.